The average Bonchev–Trinajstić information content (AvgIpc) is 2.29. The molecule has 0 aliphatic carbocycles. The Morgan fingerprint density at radius 2 is 2.00 bits per heavy atom. The molecule has 5 N–H and O–H groups in total. The van der Waals surface area contributed by atoms with Gasteiger partial charge in [-0.25, -0.2) is 4.79 Å². The summed E-state index contributed by atoms with van der Waals surface area (Å²) in [5.41, 5.74) is 10.2. The number of hydrogen-bond donors (Lipinski definition) is 3. The van der Waals surface area contributed by atoms with E-state index in [1.807, 2.05) is 0 Å². The number of urea groups is 1. The van der Waals surface area contributed by atoms with Crippen LogP contribution in [0.5, 0.6) is 0 Å². The van der Waals surface area contributed by atoms with Crippen LogP contribution < -0.4 is 16.8 Å². The van der Waals surface area contributed by atoms with E-state index in [1.165, 1.54) is 17.4 Å². The number of rotatable bonds is 2. The van der Waals surface area contributed by atoms with E-state index in [9.17, 15) is 9.59 Å². The van der Waals surface area contributed by atoms with Crippen LogP contribution in [0.4, 0.5) is 9.80 Å². The van der Waals surface area contributed by atoms with Gasteiger partial charge in [-0.2, -0.15) is 0 Å². The van der Waals surface area contributed by atoms with Gasteiger partial charge in [0.1, 0.15) is 5.00 Å². The molecule has 3 amide bonds. The molecular formula is C6H6ArBrN3O2S. The normalized spacial score (nSPS) is 8.93. The molecule has 5 nitrogen and oxygen atoms in total. The second-order valence-electron chi connectivity index (χ2n) is 2.15. The molecule has 0 atom stereocenters. The van der Waals surface area contributed by atoms with Gasteiger partial charge in [-0.15, -0.1) is 11.3 Å². The standard InChI is InChI=1S/C6H6BrN3O2S.Ar/c7-3-1-2(4(8)11)5(13-3)10-6(9)12;/h1H,(H2,8,11)(H3,9,10,12);. The van der Waals surface area contributed by atoms with E-state index in [1.54, 1.807) is 0 Å². The summed E-state index contributed by atoms with van der Waals surface area (Å²) >= 11 is 4.33. The third kappa shape index (κ3) is 3.74. The summed E-state index contributed by atoms with van der Waals surface area (Å²) in [6.07, 6.45) is 0. The van der Waals surface area contributed by atoms with Gasteiger partial charge in [0.15, 0.2) is 0 Å². The van der Waals surface area contributed by atoms with Gasteiger partial charge in [0, 0.05) is 37.7 Å². The number of thiophene rings is 1. The smallest absolute Gasteiger partial charge is 0.317 e. The molecule has 1 heterocycles. The summed E-state index contributed by atoms with van der Waals surface area (Å²) in [5, 5.41) is 2.66. The van der Waals surface area contributed by atoms with Crippen LogP contribution in [-0.2, 0) is 0 Å². The minimum absolute atomic E-state index is 0. The summed E-state index contributed by atoms with van der Waals surface area (Å²) < 4.78 is 0.699. The van der Waals surface area contributed by atoms with Crippen molar-refractivity contribution in [1.29, 1.82) is 0 Å². The Kier molecular flexibility index (Phi) is 5.99. The van der Waals surface area contributed by atoms with Crippen molar-refractivity contribution in [1.82, 2.24) is 0 Å². The van der Waals surface area contributed by atoms with Crippen LogP contribution in [0.25, 0.3) is 0 Å². The van der Waals surface area contributed by atoms with E-state index in [0.29, 0.717) is 8.79 Å². The third-order valence-corrected chi connectivity index (χ3v) is 2.76. The fraction of sp³-hybridized carbons (Fsp3) is 0. The van der Waals surface area contributed by atoms with Crippen LogP contribution in [-0.4, -0.2) is 11.9 Å². The first-order valence-corrected chi connectivity index (χ1v) is 4.77. The average molecular weight is 304 g/mol. The summed E-state index contributed by atoms with van der Waals surface area (Å²) in [4.78, 5) is 21.3. The van der Waals surface area contributed by atoms with E-state index in [0.717, 1.165) is 0 Å². The predicted molar refractivity (Wildman–Crippen MR) is 53.7 cm³/mol. The van der Waals surface area contributed by atoms with E-state index >= 15 is 0 Å². The fourth-order valence-corrected chi connectivity index (χ4v) is 2.26. The number of anilines is 1. The number of nitrogens with two attached hydrogens (primary N) is 2. The minimum Gasteiger partial charge on any atom is -0.366 e. The Balaban J connectivity index is 0.00000169. The van der Waals surface area contributed by atoms with Crippen molar-refractivity contribution in [2.75, 3.05) is 5.32 Å². The Labute approximate surface area is 122 Å². The molecule has 0 bridgehead atoms. The van der Waals surface area contributed by atoms with Gasteiger partial charge in [-0.05, 0) is 22.0 Å². The van der Waals surface area contributed by atoms with Gasteiger partial charge in [0.25, 0.3) is 5.91 Å². The third-order valence-electron chi connectivity index (χ3n) is 1.20. The molecule has 0 spiro atoms. The fourth-order valence-electron chi connectivity index (χ4n) is 0.749. The first-order valence-electron chi connectivity index (χ1n) is 3.16. The van der Waals surface area contributed by atoms with Crippen LogP contribution in [0.15, 0.2) is 9.85 Å². The van der Waals surface area contributed by atoms with E-state index in [2.05, 4.69) is 21.2 Å². The van der Waals surface area contributed by atoms with Gasteiger partial charge < -0.3 is 11.5 Å². The molecule has 1 aromatic heterocycles. The topological polar surface area (TPSA) is 98.2 Å². The molecule has 0 aromatic carbocycles. The quantitative estimate of drug-likeness (QED) is 0.762. The van der Waals surface area contributed by atoms with Crippen molar-refractivity contribution >= 4 is 44.2 Å². The summed E-state index contributed by atoms with van der Waals surface area (Å²) in [7, 11) is 0. The Morgan fingerprint density at radius 1 is 1.43 bits per heavy atom. The van der Waals surface area contributed by atoms with E-state index < -0.39 is 11.9 Å². The number of primary amides is 2. The van der Waals surface area contributed by atoms with Crippen molar-refractivity contribution in [2.24, 2.45) is 11.5 Å². The maximum absolute atomic E-state index is 10.8. The van der Waals surface area contributed by atoms with Crippen molar-refractivity contribution in [3.8, 4) is 0 Å². The summed E-state index contributed by atoms with van der Waals surface area (Å²) in [6, 6.07) is 0.801. The van der Waals surface area contributed by atoms with Crippen LogP contribution in [0.3, 0.4) is 0 Å². The minimum atomic E-state index is -0.725. The van der Waals surface area contributed by atoms with Crippen LogP contribution >= 0.6 is 27.3 Å². The molecule has 78 valence electrons. The maximum atomic E-state index is 10.8. The number of carbonyl (C=O) groups excluding carboxylic acids is 2. The van der Waals surface area contributed by atoms with Crippen molar-refractivity contribution in [2.45, 2.75) is 0 Å². The van der Waals surface area contributed by atoms with Gasteiger partial charge in [0.05, 0.1) is 9.35 Å². The van der Waals surface area contributed by atoms with Gasteiger partial charge in [0.2, 0.25) is 0 Å². The van der Waals surface area contributed by atoms with Crippen LogP contribution in [0.2, 0.25) is 0 Å². The van der Waals surface area contributed by atoms with Gasteiger partial charge in [-0.3, -0.25) is 10.1 Å². The molecule has 14 heavy (non-hydrogen) atoms. The maximum Gasteiger partial charge on any atom is 0.317 e. The second kappa shape index (κ2) is 5.92. The number of hydrogen-bond acceptors (Lipinski definition) is 3. The Morgan fingerprint density at radius 3 is 2.43 bits per heavy atom. The molecule has 1 aromatic rings. The van der Waals surface area contributed by atoms with E-state index in [4.69, 9.17) is 11.5 Å². The summed E-state index contributed by atoms with van der Waals surface area (Å²) in [5.74, 6) is -0.606. The van der Waals surface area contributed by atoms with Gasteiger partial charge >= 0.3 is 6.03 Å². The molecule has 0 fully saturated rings. The van der Waals surface area contributed by atoms with Crippen molar-refractivity contribution in [3.05, 3.63) is 15.4 Å². The van der Waals surface area contributed by atoms with Crippen molar-refractivity contribution < 1.29 is 47.3 Å². The Hall–Kier alpha value is 0.180. The molecule has 0 radical (unpaired) electrons. The number of amides is 3. The van der Waals surface area contributed by atoms with Crippen LogP contribution in [0.1, 0.15) is 10.4 Å². The zero-order valence-electron chi connectivity index (χ0n) is 6.69. The molecule has 8 heteroatoms. The van der Waals surface area contributed by atoms with Gasteiger partial charge in [-0.1, -0.05) is 0 Å². The zero-order chi connectivity index (χ0) is 10.0. The molecule has 0 unspecified atom stereocenters. The number of halogens is 1. The summed E-state index contributed by atoms with van der Waals surface area (Å²) in [6.45, 7) is 0. The SMILES string of the molecule is NC(=O)Nc1sc(Br)cc1C(N)=O.[Ar]. The number of nitrogens with one attached hydrogen (secondary N) is 1. The molecule has 0 saturated heterocycles. The predicted octanol–water partition coefficient (Wildman–Crippen LogP) is 1.10. The molecular weight excluding hydrogens is 298 g/mol. The zero-order valence-corrected chi connectivity index (χ0v) is 9.80. The van der Waals surface area contributed by atoms with Crippen molar-refractivity contribution in [3.63, 3.8) is 0 Å². The molecule has 0 aliphatic heterocycles. The molecule has 0 aliphatic rings. The monoisotopic (exact) mass is 303 g/mol. The molecule has 0 saturated carbocycles. The number of carbonyl (C=O) groups is 2. The van der Waals surface area contributed by atoms with Crippen LogP contribution in [0, 0.1) is 37.7 Å². The largest absolute Gasteiger partial charge is 0.366 e. The second-order valence-corrected chi connectivity index (χ2v) is 4.58. The first kappa shape index (κ1) is 14.2. The first-order chi connectivity index (χ1) is 6.00. The molecule has 1 rings (SSSR count). The van der Waals surface area contributed by atoms with E-state index in [-0.39, 0.29) is 43.3 Å². The Bertz CT molecular complexity index is 368.